The number of methoxy groups -OCH3 is 1. The van der Waals surface area contributed by atoms with E-state index in [1.807, 2.05) is 6.92 Å². The lowest BCUT2D eigenvalue weighted by Crippen LogP contribution is -2.43. The van der Waals surface area contributed by atoms with E-state index in [-0.39, 0.29) is 24.3 Å². The standard InChI is InChI=1S/C14H18N2O3/c1-9-6-12(17)16(13(18)7-9)14-10(8-15)4-3-5-11(14)19-2/h3-5,9H,6-8,15H2,1-2H3. The first-order valence-electron chi connectivity index (χ1n) is 6.30. The fourth-order valence-corrected chi connectivity index (χ4v) is 2.39. The first-order valence-corrected chi connectivity index (χ1v) is 6.30. The van der Waals surface area contributed by atoms with Crippen molar-refractivity contribution in [2.24, 2.45) is 11.7 Å². The van der Waals surface area contributed by atoms with E-state index in [0.29, 0.717) is 24.3 Å². The zero-order chi connectivity index (χ0) is 14.0. The average molecular weight is 262 g/mol. The number of carbonyl (C=O) groups is 2. The molecular weight excluding hydrogens is 244 g/mol. The number of para-hydroxylation sites is 1. The van der Waals surface area contributed by atoms with Crippen molar-refractivity contribution in [3.63, 3.8) is 0 Å². The molecule has 0 aromatic heterocycles. The molecule has 0 spiro atoms. The maximum atomic E-state index is 12.2. The van der Waals surface area contributed by atoms with Gasteiger partial charge < -0.3 is 10.5 Å². The van der Waals surface area contributed by atoms with Gasteiger partial charge in [0.1, 0.15) is 5.75 Å². The Balaban J connectivity index is 2.51. The number of hydrogen-bond donors (Lipinski definition) is 1. The molecule has 0 aliphatic carbocycles. The lowest BCUT2D eigenvalue weighted by molar-refractivity contribution is -0.130. The van der Waals surface area contributed by atoms with Crippen LogP contribution >= 0.6 is 0 Å². The summed E-state index contributed by atoms with van der Waals surface area (Å²) < 4.78 is 5.26. The van der Waals surface area contributed by atoms with Gasteiger partial charge >= 0.3 is 0 Å². The lowest BCUT2D eigenvalue weighted by Gasteiger charge is -2.30. The van der Waals surface area contributed by atoms with Crippen molar-refractivity contribution >= 4 is 17.5 Å². The molecule has 2 rings (SSSR count). The van der Waals surface area contributed by atoms with E-state index in [1.165, 1.54) is 12.0 Å². The predicted octanol–water partition coefficient (Wildman–Crippen LogP) is 1.44. The van der Waals surface area contributed by atoms with E-state index < -0.39 is 0 Å². The molecule has 1 fully saturated rings. The van der Waals surface area contributed by atoms with Crippen LogP contribution in [0.5, 0.6) is 5.75 Å². The van der Waals surface area contributed by atoms with Crippen LogP contribution < -0.4 is 15.4 Å². The van der Waals surface area contributed by atoms with Gasteiger partial charge in [0.05, 0.1) is 12.8 Å². The summed E-state index contributed by atoms with van der Waals surface area (Å²) in [5, 5.41) is 0. The molecule has 2 N–H and O–H groups in total. The maximum absolute atomic E-state index is 12.2. The average Bonchev–Trinajstić information content (AvgIpc) is 2.37. The van der Waals surface area contributed by atoms with Crippen LogP contribution in [0, 0.1) is 5.92 Å². The molecule has 1 aliphatic heterocycles. The number of ether oxygens (including phenoxy) is 1. The number of carbonyl (C=O) groups excluding carboxylic acids is 2. The number of amides is 2. The number of benzene rings is 1. The molecule has 0 atom stereocenters. The molecule has 1 heterocycles. The van der Waals surface area contributed by atoms with Gasteiger partial charge in [0, 0.05) is 19.4 Å². The molecule has 0 unspecified atom stereocenters. The van der Waals surface area contributed by atoms with Crippen LogP contribution in [-0.4, -0.2) is 18.9 Å². The van der Waals surface area contributed by atoms with E-state index in [4.69, 9.17) is 10.5 Å². The quantitative estimate of drug-likeness (QED) is 0.837. The Morgan fingerprint density at radius 2 is 1.95 bits per heavy atom. The monoisotopic (exact) mass is 262 g/mol. The summed E-state index contributed by atoms with van der Waals surface area (Å²) in [6, 6.07) is 5.33. The number of nitrogens with zero attached hydrogens (tertiary/aromatic N) is 1. The second-order valence-corrected chi connectivity index (χ2v) is 4.81. The number of nitrogens with two attached hydrogens (primary N) is 1. The minimum atomic E-state index is -0.192. The summed E-state index contributed by atoms with van der Waals surface area (Å²) >= 11 is 0. The second-order valence-electron chi connectivity index (χ2n) is 4.81. The van der Waals surface area contributed by atoms with Gasteiger partial charge in [0.2, 0.25) is 11.8 Å². The Kier molecular flexibility index (Phi) is 3.85. The van der Waals surface area contributed by atoms with Crippen LogP contribution in [0.4, 0.5) is 5.69 Å². The summed E-state index contributed by atoms with van der Waals surface area (Å²) in [7, 11) is 1.51. The van der Waals surface area contributed by atoms with Crippen molar-refractivity contribution in [1.29, 1.82) is 0 Å². The molecule has 1 saturated heterocycles. The topological polar surface area (TPSA) is 72.6 Å². The molecule has 19 heavy (non-hydrogen) atoms. The van der Waals surface area contributed by atoms with Gasteiger partial charge in [-0.1, -0.05) is 19.1 Å². The highest BCUT2D eigenvalue weighted by molar-refractivity contribution is 6.17. The first kappa shape index (κ1) is 13.5. The number of hydrogen-bond acceptors (Lipinski definition) is 4. The summed E-state index contributed by atoms with van der Waals surface area (Å²) in [5.41, 5.74) is 6.92. The van der Waals surface area contributed by atoms with Crippen molar-refractivity contribution < 1.29 is 14.3 Å². The molecule has 2 amide bonds. The molecule has 0 saturated carbocycles. The third-order valence-corrected chi connectivity index (χ3v) is 3.29. The van der Waals surface area contributed by atoms with Gasteiger partial charge in [-0.05, 0) is 17.5 Å². The number of rotatable bonds is 3. The van der Waals surface area contributed by atoms with Gasteiger partial charge in [-0.15, -0.1) is 0 Å². The fourth-order valence-electron chi connectivity index (χ4n) is 2.39. The molecule has 1 aromatic rings. The number of piperidine rings is 1. The Bertz CT molecular complexity index is 473. The van der Waals surface area contributed by atoms with Gasteiger partial charge in [0.15, 0.2) is 0 Å². The number of anilines is 1. The molecule has 102 valence electrons. The lowest BCUT2D eigenvalue weighted by atomic mass is 9.96. The van der Waals surface area contributed by atoms with E-state index in [1.54, 1.807) is 18.2 Å². The van der Waals surface area contributed by atoms with E-state index in [2.05, 4.69) is 0 Å². The normalized spacial score (nSPS) is 16.9. The van der Waals surface area contributed by atoms with Crippen molar-refractivity contribution in [2.75, 3.05) is 12.0 Å². The minimum absolute atomic E-state index is 0.0901. The summed E-state index contributed by atoms with van der Waals surface area (Å²) in [4.78, 5) is 25.5. The van der Waals surface area contributed by atoms with E-state index in [9.17, 15) is 9.59 Å². The van der Waals surface area contributed by atoms with Crippen molar-refractivity contribution in [2.45, 2.75) is 26.3 Å². The Morgan fingerprint density at radius 1 is 1.32 bits per heavy atom. The predicted molar refractivity (Wildman–Crippen MR) is 71.8 cm³/mol. The second kappa shape index (κ2) is 5.40. The summed E-state index contributed by atoms with van der Waals surface area (Å²) in [5.74, 6) is 0.206. The first-order chi connectivity index (χ1) is 9.08. The van der Waals surface area contributed by atoms with Crippen LogP contribution in [0.2, 0.25) is 0 Å². The van der Waals surface area contributed by atoms with Gasteiger partial charge in [0.25, 0.3) is 0 Å². The van der Waals surface area contributed by atoms with Crippen LogP contribution in [0.1, 0.15) is 25.3 Å². The molecule has 0 bridgehead atoms. The van der Waals surface area contributed by atoms with E-state index >= 15 is 0 Å². The highest BCUT2D eigenvalue weighted by Crippen LogP contribution is 2.35. The fraction of sp³-hybridized carbons (Fsp3) is 0.429. The molecule has 5 heteroatoms. The maximum Gasteiger partial charge on any atom is 0.234 e. The Labute approximate surface area is 112 Å². The van der Waals surface area contributed by atoms with Crippen LogP contribution in [0.3, 0.4) is 0 Å². The molecule has 5 nitrogen and oxygen atoms in total. The van der Waals surface area contributed by atoms with Crippen LogP contribution in [0.15, 0.2) is 18.2 Å². The van der Waals surface area contributed by atoms with Crippen LogP contribution in [0.25, 0.3) is 0 Å². The molecule has 0 radical (unpaired) electrons. The largest absolute Gasteiger partial charge is 0.495 e. The van der Waals surface area contributed by atoms with Crippen molar-refractivity contribution in [3.05, 3.63) is 23.8 Å². The highest BCUT2D eigenvalue weighted by atomic mass is 16.5. The molecule has 1 aliphatic rings. The zero-order valence-corrected chi connectivity index (χ0v) is 11.2. The van der Waals surface area contributed by atoms with Gasteiger partial charge in [-0.25, -0.2) is 4.90 Å². The SMILES string of the molecule is COc1cccc(CN)c1N1C(=O)CC(C)CC1=O. The minimum Gasteiger partial charge on any atom is -0.495 e. The van der Waals surface area contributed by atoms with Crippen LogP contribution in [-0.2, 0) is 16.1 Å². The molecular formula is C14H18N2O3. The summed E-state index contributed by atoms with van der Waals surface area (Å²) in [6.07, 6.45) is 0.738. The number of imide groups is 1. The summed E-state index contributed by atoms with van der Waals surface area (Å²) in [6.45, 7) is 2.15. The van der Waals surface area contributed by atoms with Gasteiger partial charge in [-0.3, -0.25) is 9.59 Å². The third kappa shape index (κ3) is 2.46. The smallest absolute Gasteiger partial charge is 0.234 e. The zero-order valence-electron chi connectivity index (χ0n) is 11.2. The van der Waals surface area contributed by atoms with Crippen molar-refractivity contribution in [1.82, 2.24) is 0 Å². The highest BCUT2D eigenvalue weighted by Gasteiger charge is 2.34. The van der Waals surface area contributed by atoms with E-state index in [0.717, 1.165) is 5.56 Å². The Morgan fingerprint density at radius 3 is 2.47 bits per heavy atom. The van der Waals surface area contributed by atoms with Gasteiger partial charge in [-0.2, -0.15) is 0 Å². The molecule has 1 aromatic carbocycles. The Hall–Kier alpha value is -1.88. The van der Waals surface area contributed by atoms with Crippen molar-refractivity contribution in [3.8, 4) is 5.75 Å². The third-order valence-electron chi connectivity index (χ3n) is 3.29.